The number of piperazine rings is 1. The van der Waals surface area contributed by atoms with E-state index in [1.807, 2.05) is 0 Å². The smallest absolute Gasteiger partial charge is 0.343 e. The molecule has 2 amide bonds. The van der Waals surface area contributed by atoms with Crippen molar-refractivity contribution in [2.45, 2.75) is 38.5 Å². The maximum absolute atomic E-state index is 13.1. The lowest BCUT2D eigenvalue weighted by Crippen LogP contribution is -2.62. The molecular formula is C14H15F3N2O2. The van der Waals surface area contributed by atoms with Gasteiger partial charge in [0.1, 0.15) is 12.1 Å². The molecule has 1 aliphatic rings. The van der Waals surface area contributed by atoms with Gasteiger partial charge in [-0.05, 0) is 25.5 Å². The highest BCUT2D eigenvalue weighted by molar-refractivity contribution is 6.08. The Balaban J connectivity index is 2.57. The Morgan fingerprint density at radius 3 is 2.43 bits per heavy atom. The van der Waals surface area contributed by atoms with Crippen LogP contribution in [0.3, 0.4) is 0 Å². The van der Waals surface area contributed by atoms with Crippen LogP contribution >= 0.6 is 0 Å². The van der Waals surface area contributed by atoms with Crippen LogP contribution in [0.2, 0.25) is 0 Å². The van der Waals surface area contributed by atoms with E-state index in [9.17, 15) is 22.8 Å². The molecule has 4 nitrogen and oxygen atoms in total. The summed E-state index contributed by atoms with van der Waals surface area (Å²) in [5.41, 5.74) is -1.19. The lowest BCUT2D eigenvalue weighted by atomic mass is 10.0. The minimum absolute atomic E-state index is 0.233. The van der Waals surface area contributed by atoms with Crippen LogP contribution in [0.25, 0.3) is 0 Å². The summed E-state index contributed by atoms with van der Waals surface area (Å²) < 4.78 is 39.4. The molecule has 21 heavy (non-hydrogen) atoms. The van der Waals surface area contributed by atoms with Crippen molar-refractivity contribution in [1.82, 2.24) is 5.32 Å². The molecule has 0 radical (unpaired) electrons. The number of alkyl halides is 3. The molecule has 114 valence electrons. The molecule has 1 N–H and O–H groups in total. The van der Waals surface area contributed by atoms with Crippen LogP contribution in [0.5, 0.6) is 0 Å². The summed E-state index contributed by atoms with van der Waals surface area (Å²) in [5, 5.41) is 2.48. The number of hydrogen-bond acceptors (Lipinski definition) is 2. The second-order valence-corrected chi connectivity index (χ2v) is 4.88. The van der Waals surface area contributed by atoms with Crippen LogP contribution in [-0.2, 0) is 15.8 Å². The van der Waals surface area contributed by atoms with E-state index in [1.165, 1.54) is 25.1 Å². The lowest BCUT2D eigenvalue weighted by molar-refractivity contribution is -0.138. The third-order valence-corrected chi connectivity index (χ3v) is 3.44. The number of rotatable bonds is 2. The first-order chi connectivity index (χ1) is 9.77. The standard InChI is InChI=1S/C14H15F3N2O2/c1-3-10-12(20)18-8(2)13(21)19(10)11-7-5-4-6-9(11)14(15,16)17/h4-8,10H,3H2,1-2H3,(H,18,20). The molecule has 2 atom stereocenters. The van der Waals surface area contributed by atoms with Gasteiger partial charge in [-0.15, -0.1) is 0 Å². The molecule has 1 aromatic carbocycles. The average Bonchev–Trinajstić information content (AvgIpc) is 2.41. The summed E-state index contributed by atoms with van der Waals surface area (Å²) in [7, 11) is 0. The van der Waals surface area contributed by atoms with Crippen molar-refractivity contribution in [3.05, 3.63) is 29.8 Å². The van der Waals surface area contributed by atoms with Crippen LogP contribution in [-0.4, -0.2) is 23.9 Å². The Hall–Kier alpha value is -2.05. The molecule has 1 fully saturated rings. The van der Waals surface area contributed by atoms with Gasteiger partial charge in [0.15, 0.2) is 0 Å². The molecule has 1 aliphatic heterocycles. The highest BCUT2D eigenvalue weighted by Gasteiger charge is 2.43. The van der Waals surface area contributed by atoms with E-state index in [0.717, 1.165) is 11.0 Å². The van der Waals surface area contributed by atoms with Gasteiger partial charge >= 0.3 is 6.18 Å². The van der Waals surface area contributed by atoms with Gasteiger partial charge in [-0.1, -0.05) is 19.1 Å². The number of para-hydroxylation sites is 1. The van der Waals surface area contributed by atoms with Gasteiger partial charge in [0.2, 0.25) is 11.8 Å². The van der Waals surface area contributed by atoms with Gasteiger partial charge in [-0.25, -0.2) is 0 Å². The summed E-state index contributed by atoms with van der Waals surface area (Å²) in [6.07, 6.45) is -4.36. The molecule has 0 aromatic heterocycles. The van der Waals surface area contributed by atoms with Crippen molar-refractivity contribution in [3.63, 3.8) is 0 Å². The normalized spacial score (nSPS) is 23.2. The predicted molar refractivity (Wildman–Crippen MR) is 70.6 cm³/mol. The number of hydrogen-bond donors (Lipinski definition) is 1. The second kappa shape index (κ2) is 5.38. The van der Waals surface area contributed by atoms with Crippen LogP contribution in [0.1, 0.15) is 25.8 Å². The third kappa shape index (κ3) is 2.72. The molecule has 0 bridgehead atoms. The summed E-state index contributed by atoms with van der Waals surface area (Å²) in [4.78, 5) is 25.2. The Bertz CT molecular complexity index is 572. The van der Waals surface area contributed by atoms with E-state index in [4.69, 9.17) is 0 Å². The van der Waals surface area contributed by atoms with Crippen molar-refractivity contribution in [2.75, 3.05) is 4.90 Å². The fourth-order valence-electron chi connectivity index (χ4n) is 2.43. The van der Waals surface area contributed by atoms with Crippen molar-refractivity contribution in [3.8, 4) is 0 Å². The monoisotopic (exact) mass is 300 g/mol. The van der Waals surface area contributed by atoms with Crippen molar-refractivity contribution >= 4 is 17.5 Å². The predicted octanol–water partition coefficient (Wildman–Crippen LogP) is 2.34. The summed E-state index contributed by atoms with van der Waals surface area (Å²) in [6, 6.07) is 3.02. The molecule has 1 saturated heterocycles. The number of nitrogens with zero attached hydrogens (tertiary/aromatic N) is 1. The topological polar surface area (TPSA) is 49.4 Å². The Morgan fingerprint density at radius 2 is 1.86 bits per heavy atom. The third-order valence-electron chi connectivity index (χ3n) is 3.44. The number of amides is 2. The Labute approximate surface area is 119 Å². The second-order valence-electron chi connectivity index (χ2n) is 4.88. The number of benzene rings is 1. The summed E-state index contributed by atoms with van der Waals surface area (Å²) >= 11 is 0. The molecule has 2 unspecified atom stereocenters. The largest absolute Gasteiger partial charge is 0.418 e. The molecule has 1 aromatic rings. The molecule has 0 aliphatic carbocycles. The van der Waals surface area contributed by atoms with E-state index in [-0.39, 0.29) is 12.1 Å². The number of carbonyl (C=O) groups is 2. The molecule has 1 heterocycles. The van der Waals surface area contributed by atoms with E-state index in [1.54, 1.807) is 6.92 Å². The Morgan fingerprint density at radius 1 is 1.24 bits per heavy atom. The highest BCUT2D eigenvalue weighted by atomic mass is 19.4. The maximum atomic E-state index is 13.1. The van der Waals surface area contributed by atoms with Crippen molar-refractivity contribution < 1.29 is 22.8 Å². The average molecular weight is 300 g/mol. The van der Waals surface area contributed by atoms with Gasteiger partial charge in [0.05, 0.1) is 11.3 Å². The van der Waals surface area contributed by atoms with E-state index in [0.29, 0.717) is 0 Å². The first-order valence-corrected chi connectivity index (χ1v) is 6.57. The van der Waals surface area contributed by atoms with Gasteiger partial charge in [-0.2, -0.15) is 13.2 Å². The number of anilines is 1. The molecule has 7 heteroatoms. The SMILES string of the molecule is CCC1C(=O)NC(C)C(=O)N1c1ccccc1C(F)(F)F. The zero-order valence-electron chi connectivity index (χ0n) is 11.6. The van der Waals surface area contributed by atoms with Crippen LogP contribution in [0, 0.1) is 0 Å². The van der Waals surface area contributed by atoms with Gasteiger partial charge in [-0.3, -0.25) is 14.5 Å². The number of carbonyl (C=O) groups excluding carboxylic acids is 2. The van der Waals surface area contributed by atoms with Crippen molar-refractivity contribution in [2.24, 2.45) is 0 Å². The number of halogens is 3. The maximum Gasteiger partial charge on any atom is 0.418 e. The minimum Gasteiger partial charge on any atom is -0.343 e. The van der Waals surface area contributed by atoms with Gasteiger partial charge in [0, 0.05) is 0 Å². The first kappa shape index (κ1) is 15.3. The molecular weight excluding hydrogens is 285 g/mol. The van der Waals surface area contributed by atoms with Gasteiger partial charge < -0.3 is 5.32 Å². The molecule has 0 saturated carbocycles. The van der Waals surface area contributed by atoms with E-state index >= 15 is 0 Å². The fraction of sp³-hybridized carbons (Fsp3) is 0.429. The minimum atomic E-state index is -4.59. The Kier molecular flexibility index (Phi) is 3.93. The highest BCUT2D eigenvalue weighted by Crippen LogP contribution is 2.38. The molecule has 2 rings (SSSR count). The quantitative estimate of drug-likeness (QED) is 0.911. The van der Waals surface area contributed by atoms with E-state index < -0.39 is 35.6 Å². The summed E-state index contributed by atoms with van der Waals surface area (Å²) in [5.74, 6) is -0.986. The van der Waals surface area contributed by atoms with Crippen LogP contribution < -0.4 is 10.2 Å². The number of nitrogens with one attached hydrogen (secondary N) is 1. The van der Waals surface area contributed by atoms with Gasteiger partial charge in [0.25, 0.3) is 0 Å². The van der Waals surface area contributed by atoms with Crippen LogP contribution in [0.4, 0.5) is 18.9 Å². The zero-order chi connectivity index (χ0) is 15.8. The first-order valence-electron chi connectivity index (χ1n) is 6.57. The van der Waals surface area contributed by atoms with Crippen LogP contribution in [0.15, 0.2) is 24.3 Å². The summed E-state index contributed by atoms with van der Waals surface area (Å²) in [6.45, 7) is 3.10. The van der Waals surface area contributed by atoms with Crippen molar-refractivity contribution in [1.29, 1.82) is 0 Å². The van der Waals surface area contributed by atoms with E-state index in [2.05, 4.69) is 5.32 Å². The molecule has 0 spiro atoms. The zero-order valence-corrected chi connectivity index (χ0v) is 11.6. The lowest BCUT2D eigenvalue weighted by Gasteiger charge is -2.38. The fourth-order valence-corrected chi connectivity index (χ4v) is 2.43.